The Hall–Kier alpha value is -2.14. The molecule has 1 fully saturated rings. The first-order valence-corrected chi connectivity index (χ1v) is 7.12. The van der Waals surface area contributed by atoms with Crippen LogP contribution in [0.15, 0.2) is 30.3 Å². The summed E-state index contributed by atoms with van der Waals surface area (Å²) in [5.41, 5.74) is 1.97. The van der Waals surface area contributed by atoms with Gasteiger partial charge in [0.15, 0.2) is 0 Å². The van der Waals surface area contributed by atoms with Crippen LogP contribution in [0.3, 0.4) is 0 Å². The van der Waals surface area contributed by atoms with Crippen molar-refractivity contribution in [1.82, 2.24) is 10.2 Å². The summed E-state index contributed by atoms with van der Waals surface area (Å²) in [6, 6.07) is 7.66. The zero-order chi connectivity index (χ0) is 15.2. The number of benzene rings is 1. The Morgan fingerprint density at radius 1 is 1.43 bits per heavy atom. The van der Waals surface area contributed by atoms with Crippen molar-refractivity contribution >= 4 is 18.0 Å². The average molecular weight is 288 g/mol. The maximum atomic E-state index is 11.8. The van der Waals surface area contributed by atoms with Crippen LogP contribution in [0.5, 0.6) is 0 Å². The first kappa shape index (κ1) is 15.3. The summed E-state index contributed by atoms with van der Waals surface area (Å²) in [4.78, 5) is 24.5. The van der Waals surface area contributed by atoms with Crippen molar-refractivity contribution < 1.29 is 14.7 Å². The molecule has 1 aromatic rings. The van der Waals surface area contributed by atoms with E-state index in [9.17, 15) is 9.59 Å². The van der Waals surface area contributed by atoms with Crippen LogP contribution < -0.4 is 5.32 Å². The predicted octanol–water partition coefficient (Wildman–Crippen LogP) is 1.49. The van der Waals surface area contributed by atoms with Gasteiger partial charge in [0.1, 0.15) is 0 Å². The van der Waals surface area contributed by atoms with E-state index >= 15 is 0 Å². The minimum absolute atomic E-state index is 0.0645. The molecule has 0 bridgehead atoms. The zero-order valence-electron chi connectivity index (χ0n) is 12.1. The van der Waals surface area contributed by atoms with Crippen molar-refractivity contribution in [1.29, 1.82) is 0 Å². The fourth-order valence-corrected chi connectivity index (χ4v) is 2.53. The third kappa shape index (κ3) is 4.16. The number of piperazine rings is 1. The number of carboxylic acid groups (broad SMARTS) is 1. The van der Waals surface area contributed by atoms with Gasteiger partial charge in [-0.1, -0.05) is 31.2 Å². The van der Waals surface area contributed by atoms with Crippen molar-refractivity contribution in [2.45, 2.75) is 25.9 Å². The summed E-state index contributed by atoms with van der Waals surface area (Å²) < 4.78 is 0. The monoisotopic (exact) mass is 288 g/mol. The molecule has 0 aromatic heterocycles. The van der Waals surface area contributed by atoms with Crippen molar-refractivity contribution in [2.24, 2.45) is 0 Å². The highest BCUT2D eigenvalue weighted by molar-refractivity contribution is 5.85. The quantitative estimate of drug-likeness (QED) is 0.806. The van der Waals surface area contributed by atoms with E-state index in [-0.39, 0.29) is 11.9 Å². The van der Waals surface area contributed by atoms with E-state index in [0.717, 1.165) is 36.7 Å². The van der Waals surface area contributed by atoms with Crippen LogP contribution in [-0.4, -0.2) is 41.0 Å². The first-order valence-electron chi connectivity index (χ1n) is 7.12. The number of hydrogen-bond donors (Lipinski definition) is 2. The van der Waals surface area contributed by atoms with E-state index in [1.807, 2.05) is 31.2 Å². The molecule has 1 aliphatic rings. The number of carbonyl (C=O) groups is 2. The molecule has 1 aromatic carbocycles. The number of amides is 1. The highest BCUT2D eigenvalue weighted by atomic mass is 16.4. The van der Waals surface area contributed by atoms with Gasteiger partial charge in [0.25, 0.3) is 0 Å². The van der Waals surface area contributed by atoms with E-state index in [1.54, 1.807) is 6.08 Å². The summed E-state index contributed by atoms with van der Waals surface area (Å²) in [5.74, 6) is -0.853. The molecule has 1 atom stereocenters. The molecule has 1 aliphatic heterocycles. The Bertz CT molecular complexity index is 537. The molecule has 0 saturated carbocycles. The fraction of sp³-hybridized carbons (Fsp3) is 0.375. The molecular formula is C16H20N2O3. The molecular weight excluding hydrogens is 268 g/mol. The van der Waals surface area contributed by atoms with Crippen molar-refractivity contribution in [3.63, 3.8) is 0 Å². The Labute approximate surface area is 124 Å². The summed E-state index contributed by atoms with van der Waals surface area (Å²) in [6.45, 7) is 4.29. The number of nitrogens with one attached hydrogen (secondary N) is 1. The van der Waals surface area contributed by atoms with Gasteiger partial charge in [-0.25, -0.2) is 4.79 Å². The van der Waals surface area contributed by atoms with Crippen molar-refractivity contribution in [3.8, 4) is 0 Å². The topological polar surface area (TPSA) is 69.6 Å². The summed E-state index contributed by atoms with van der Waals surface area (Å²) in [5, 5.41) is 11.5. The van der Waals surface area contributed by atoms with Crippen molar-refractivity contribution in [3.05, 3.63) is 41.5 Å². The predicted molar refractivity (Wildman–Crippen MR) is 80.6 cm³/mol. The molecule has 112 valence electrons. The van der Waals surface area contributed by atoms with Gasteiger partial charge in [0.2, 0.25) is 5.91 Å². The third-order valence-corrected chi connectivity index (χ3v) is 3.61. The smallest absolute Gasteiger partial charge is 0.328 e. The molecule has 21 heavy (non-hydrogen) atoms. The second-order valence-corrected chi connectivity index (χ2v) is 5.10. The largest absolute Gasteiger partial charge is 0.478 e. The molecule has 5 heteroatoms. The van der Waals surface area contributed by atoms with Crippen LogP contribution in [0.2, 0.25) is 0 Å². The number of aliphatic carboxylic acids is 1. The second-order valence-electron chi connectivity index (χ2n) is 5.10. The molecule has 5 nitrogen and oxygen atoms in total. The highest BCUT2D eigenvalue weighted by Gasteiger charge is 2.27. The summed E-state index contributed by atoms with van der Waals surface area (Å²) in [7, 11) is 0. The average Bonchev–Trinajstić information content (AvgIpc) is 2.47. The van der Waals surface area contributed by atoms with E-state index in [2.05, 4.69) is 10.2 Å². The minimum atomic E-state index is -0.954. The molecule has 0 aliphatic carbocycles. The van der Waals surface area contributed by atoms with Crippen LogP contribution >= 0.6 is 0 Å². The lowest BCUT2D eigenvalue weighted by atomic mass is 10.1. The Kier molecular flexibility index (Phi) is 5.11. The Morgan fingerprint density at radius 3 is 2.76 bits per heavy atom. The normalized spacial score (nSPS) is 19.7. The zero-order valence-corrected chi connectivity index (χ0v) is 12.1. The molecule has 0 radical (unpaired) electrons. The van der Waals surface area contributed by atoms with E-state index in [0.29, 0.717) is 6.54 Å². The van der Waals surface area contributed by atoms with E-state index in [1.165, 1.54) is 0 Å². The lowest BCUT2D eigenvalue weighted by Crippen LogP contribution is -2.54. The number of rotatable bonds is 5. The lowest BCUT2D eigenvalue weighted by Gasteiger charge is -2.34. The molecule has 1 unspecified atom stereocenters. The van der Waals surface area contributed by atoms with Crippen LogP contribution in [0.1, 0.15) is 24.5 Å². The van der Waals surface area contributed by atoms with Crippen molar-refractivity contribution in [2.75, 3.05) is 13.1 Å². The Balaban J connectivity index is 2.02. The van der Waals surface area contributed by atoms with Gasteiger partial charge < -0.3 is 10.4 Å². The number of nitrogens with zero attached hydrogens (tertiary/aromatic N) is 1. The molecule has 2 rings (SSSR count). The standard InChI is InChI=1S/C16H20N2O3/c1-2-14-16(21)17-9-10-18(14)11-13-5-3-12(4-6-13)7-8-15(19)20/h3-8,14H,2,9-11H2,1H3,(H,17,21)(H,19,20). The molecule has 1 heterocycles. The molecule has 1 amide bonds. The third-order valence-electron chi connectivity index (χ3n) is 3.61. The highest BCUT2D eigenvalue weighted by Crippen LogP contribution is 2.14. The minimum Gasteiger partial charge on any atom is -0.478 e. The fourth-order valence-electron chi connectivity index (χ4n) is 2.53. The summed E-state index contributed by atoms with van der Waals surface area (Å²) >= 11 is 0. The van der Waals surface area contributed by atoms with Crippen LogP contribution in [0.25, 0.3) is 6.08 Å². The van der Waals surface area contributed by atoms with Crippen LogP contribution in [0.4, 0.5) is 0 Å². The number of carbonyl (C=O) groups excluding carboxylic acids is 1. The van der Waals surface area contributed by atoms with Gasteiger partial charge in [-0.2, -0.15) is 0 Å². The van der Waals surface area contributed by atoms with Crippen LogP contribution in [0, 0.1) is 0 Å². The van der Waals surface area contributed by atoms with Gasteiger partial charge >= 0.3 is 5.97 Å². The second kappa shape index (κ2) is 7.04. The van der Waals surface area contributed by atoms with Gasteiger partial charge in [-0.3, -0.25) is 9.69 Å². The SMILES string of the molecule is CCC1C(=O)NCCN1Cc1ccc(C=CC(=O)O)cc1. The Morgan fingerprint density at radius 2 is 2.14 bits per heavy atom. The van der Waals surface area contributed by atoms with Crippen LogP contribution in [-0.2, 0) is 16.1 Å². The number of carboxylic acids is 1. The molecule has 2 N–H and O–H groups in total. The van der Waals surface area contributed by atoms with Gasteiger partial charge in [0.05, 0.1) is 6.04 Å². The maximum Gasteiger partial charge on any atom is 0.328 e. The van der Waals surface area contributed by atoms with E-state index < -0.39 is 5.97 Å². The summed E-state index contributed by atoms with van der Waals surface area (Å²) in [6.07, 6.45) is 3.48. The maximum absolute atomic E-state index is 11.8. The van der Waals surface area contributed by atoms with Gasteiger partial charge in [-0.15, -0.1) is 0 Å². The lowest BCUT2D eigenvalue weighted by molar-refractivity contribution is -0.131. The van der Waals surface area contributed by atoms with Gasteiger partial charge in [0, 0.05) is 25.7 Å². The van der Waals surface area contributed by atoms with E-state index in [4.69, 9.17) is 5.11 Å². The molecule has 0 spiro atoms. The van der Waals surface area contributed by atoms with Gasteiger partial charge in [-0.05, 0) is 23.6 Å². The first-order chi connectivity index (χ1) is 10.1. The molecule has 1 saturated heterocycles. The number of hydrogen-bond acceptors (Lipinski definition) is 3.